The molecule has 1 N–H and O–H groups in total. The van der Waals surface area contributed by atoms with Crippen molar-refractivity contribution in [3.63, 3.8) is 0 Å². The van der Waals surface area contributed by atoms with Crippen molar-refractivity contribution >= 4 is 32.2 Å². The lowest BCUT2D eigenvalue weighted by atomic mass is 10.1. The average Bonchev–Trinajstić information content (AvgIpc) is 2.59. The maximum absolute atomic E-state index is 12.0. The molecule has 3 rings (SSSR count). The molecule has 3 aromatic carbocycles. The van der Waals surface area contributed by atoms with Crippen molar-refractivity contribution in [2.75, 3.05) is 18.2 Å². The minimum atomic E-state index is -3.25. The van der Waals surface area contributed by atoms with Crippen molar-refractivity contribution in [3.8, 4) is 5.75 Å². The summed E-state index contributed by atoms with van der Waals surface area (Å²) in [4.78, 5) is 12.3. The number of carbonyl (C=O) groups excluding carboxylic acids is 1. The molecule has 0 heterocycles. The summed E-state index contributed by atoms with van der Waals surface area (Å²) in [6.45, 7) is -0.137. The van der Waals surface area contributed by atoms with Crippen molar-refractivity contribution in [2.24, 2.45) is 0 Å². The van der Waals surface area contributed by atoms with E-state index in [1.54, 1.807) is 12.1 Å². The molecule has 0 fully saturated rings. The lowest BCUT2D eigenvalue weighted by Gasteiger charge is -2.10. The minimum absolute atomic E-state index is 0.137. The van der Waals surface area contributed by atoms with Gasteiger partial charge in [0.25, 0.3) is 5.91 Å². The Morgan fingerprint density at radius 2 is 1.64 bits per heavy atom. The second-order valence-corrected chi connectivity index (χ2v) is 7.63. The molecule has 25 heavy (non-hydrogen) atoms. The van der Waals surface area contributed by atoms with Gasteiger partial charge in [-0.15, -0.1) is 0 Å². The summed E-state index contributed by atoms with van der Waals surface area (Å²) >= 11 is 0. The molecule has 0 radical (unpaired) electrons. The van der Waals surface area contributed by atoms with Crippen molar-refractivity contribution in [3.05, 3.63) is 66.7 Å². The highest BCUT2D eigenvalue weighted by atomic mass is 32.2. The second-order valence-electron chi connectivity index (χ2n) is 5.61. The van der Waals surface area contributed by atoms with E-state index in [9.17, 15) is 13.2 Å². The van der Waals surface area contributed by atoms with Crippen molar-refractivity contribution in [1.82, 2.24) is 0 Å². The van der Waals surface area contributed by atoms with Crippen LogP contribution in [-0.4, -0.2) is 27.2 Å². The topological polar surface area (TPSA) is 72.5 Å². The smallest absolute Gasteiger partial charge is 0.262 e. The third-order valence-electron chi connectivity index (χ3n) is 3.67. The normalized spacial score (nSPS) is 11.2. The summed E-state index contributed by atoms with van der Waals surface area (Å²) in [6, 6.07) is 19.4. The van der Waals surface area contributed by atoms with Gasteiger partial charge in [0.05, 0.1) is 4.90 Å². The molecule has 0 saturated heterocycles. The predicted octanol–water partition coefficient (Wildman–Crippen LogP) is 3.26. The van der Waals surface area contributed by atoms with Gasteiger partial charge in [-0.05, 0) is 35.7 Å². The zero-order valence-electron chi connectivity index (χ0n) is 13.6. The molecule has 5 nitrogen and oxygen atoms in total. The van der Waals surface area contributed by atoms with E-state index in [-0.39, 0.29) is 17.4 Å². The number of hydrogen-bond donors (Lipinski definition) is 1. The van der Waals surface area contributed by atoms with Crippen LogP contribution in [0.5, 0.6) is 5.75 Å². The Hall–Kier alpha value is -2.86. The molecule has 0 aliphatic carbocycles. The van der Waals surface area contributed by atoms with E-state index in [1.807, 2.05) is 42.5 Å². The van der Waals surface area contributed by atoms with Gasteiger partial charge < -0.3 is 10.1 Å². The van der Waals surface area contributed by atoms with Gasteiger partial charge >= 0.3 is 0 Å². The summed E-state index contributed by atoms with van der Waals surface area (Å²) in [5.74, 6) is 0.320. The molecule has 0 aliphatic rings. The van der Waals surface area contributed by atoms with Crippen molar-refractivity contribution in [1.29, 1.82) is 0 Å². The summed E-state index contributed by atoms with van der Waals surface area (Å²) in [7, 11) is -3.25. The first-order valence-electron chi connectivity index (χ1n) is 7.64. The molecule has 1 amide bonds. The number of fused-ring (bicyclic) bond motifs is 1. The third kappa shape index (κ3) is 4.16. The number of hydrogen-bond acceptors (Lipinski definition) is 4. The van der Waals surface area contributed by atoms with Gasteiger partial charge in [-0.1, -0.05) is 36.4 Å². The molecule has 0 bridgehead atoms. The highest BCUT2D eigenvalue weighted by molar-refractivity contribution is 7.90. The lowest BCUT2D eigenvalue weighted by Crippen LogP contribution is -2.20. The second kappa shape index (κ2) is 6.94. The molecule has 0 aliphatic heterocycles. The molecule has 128 valence electrons. The first-order valence-corrected chi connectivity index (χ1v) is 9.53. The number of anilines is 1. The van der Waals surface area contributed by atoms with Crippen LogP contribution in [-0.2, 0) is 14.6 Å². The first-order chi connectivity index (χ1) is 11.9. The number of carbonyl (C=O) groups is 1. The maximum Gasteiger partial charge on any atom is 0.262 e. The summed E-state index contributed by atoms with van der Waals surface area (Å²) in [5.41, 5.74) is 0.513. The van der Waals surface area contributed by atoms with Crippen molar-refractivity contribution in [2.45, 2.75) is 4.90 Å². The first kappa shape index (κ1) is 17.0. The number of sulfone groups is 1. The van der Waals surface area contributed by atoms with Crippen LogP contribution in [0.3, 0.4) is 0 Å². The molecule has 3 aromatic rings. The molecular weight excluding hydrogens is 338 g/mol. The van der Waals surface area contributed by atoms with Crippen LogP contribution in [0.25, 0.3) is 10.8 Å². The van der Waals surface area contributed by atoms with E-state index in [1.165, 1.54) is 12.1 Å². The molecule has 0 unspecified atom stereocenters. The molecule has 0 atom stereocenters. The van der Waals surface area contributed by atoms with Crippen LogP contribution in [0.15, 0.2) is 71.6 Å². The number of nitrogens with one attached hydrogen (secondary N) is 1. The van der Waals surface area contributed by atoms with E-state index in [0.29, 0.717) is 11.4 Å². The fourth-order valence-electron chi connectivity index (χ4n) is 2.45. The molecule has 0 spiro atoms. The fraction of sp³-hybridized carbons (Fsp3) is 0.105. The molecular formula is C19H17NO4S. The fourth-order valence-corrected chi connectivity index (χ4v) is 3.08. The lowest BCUT2D eigenvalue weighted by molar-refractivity contribution is -0.118. The van der Waals surface area contributed by atoms with Gasteiger partial charge in [-0.25, -0.2) is 8.42 Å². The van der Waals surface area contributed by atoms with Crippen LogP contribution in [0.4, 0.5) is 5.69 Å². The van der Waals surface area contributed by atoms with E-state index in [2.05, 4.69) is 5.32 Å². The minimum Gasteiger partial charge on any atom is -0.483 e. The van der Waals surface area contributed by atoms with E-state index in [4.69, 9.17) is 4.74 Å². The number of amides is 1. The van der Waals surface area contributed by atoms with Crippen LogP contribution < -0.4 is 10.1 Å². The Morgan fingerprint density at radius 3 is 2.36 bits per heavy atom. The van der Waals surface area contributed by atoms with Gasteiger partial charge in [0, 0.05) is 17.3 Å². The highest BCUT2D eigenvalue weighted by Crippen LogP contribution is 2.25. The van der Waals surface area contributed by atoms with Gasteiger partial charge in [0.15, 0.2) is 16.4 Å². The van der Waals surface area contributed by atoms with E-state index < -0.39 is 9.84 Å². The number of ether oxygens (including phenoxy) is 1. The standard InChI is InChI=1S/C19H17NO4S/c1-25(22,23)16-11-9-15(10-12-16)20-19(21)13-24-18-8-4-6-14-5-2-3-7-17(14)18/h2-12H,13H2,1H3,(H,20,21). The Morgan fingerprint density at radius 1 is 0.960 bits per heavy atom. The van der Waals surface area contributed by atoms with Crippen molar-refractivity contribution < 1.29 is 17.9 Å². The predicted molar refractivity (Wildman–Crippen MR) is 97.6 cm³/mol. The van der Waals surface area contributed by atoms with Gasteiger partial charge in [-0.2, -0.15) is 0 Å². The highest BCUT2D eigenvalue weighted by Gasteiger charge is 2.09. The van der Waals surface area contributed by atoms with E-state index >= 15 is 0 Å². The van der Waals surface area contributed by atoms with Crippen LogP contribution in [0.2, 0.25) is 0 Å². The Labute approximate surface area is 146 Å². The average molecular weight is 355 g/mol. The van der Waals surface area contributed by atoms with Crippen LogP contribution in [0.1, 0.15) is 0 Å². The molecule has 0 aromatic heterocycles. The van der Waals surface area contributed by atoms with Gasteiger partial charge in [-0.3, -0.25) is 4.79 Å². The summed E-state index contributed by atoms with van der Waals surface area (Å²) in [6.07, 6.45) is 1.14. The van der Waals surface area contributed by atoms with Crippen LogP contribution in [0, 0.1) is 0 Å². The maximum atomic E-state index is 12.0. The summed E-state index contributed by atoms with van der Waals surface area (Å²) < 4.78 is 28.5. The largest absolute Gasteiger partial charge is 0.483 e. The Kier molecular flexibility index (Phi) is 4.72. The zero-order valence-corrected chi connectivity index (χ0v) is 14.4. The third-order valence-corrected chi connectivity index (χ3v) is 4.80. The number of benzene rings is 3. The zero-order chi connectivity index (χ0) is 17.9. The molecule has 0 saturated carbocycles. The Balaban J connectivity index is 1.65. The quantitative estimate of drug-likeness (QED) is 0.762. The number of rotatable bonds is 5. The molecule has 6 heteroatoms. The van der Waals surface area contributed by atoms with Gasteiger partial charge in [0.1, 0.15) is 5.75 Å². The van der Waals surface area contributed by atoms with E-state index in [0.717, 1.165) is 17.0 Å². The monoisotopic (exact) mass is 355 g/mol. The SMILES string of the molecule is CS(=O)(=O)c1ccc(NC(=O)COc2cccc3ccccc23)cc1. The Bertz CT molecular complexity index is 1010. The van der Waals surface area contributed by atoms with Gasteiger partial charge in [0.2, 0.25) is 0 Å². The van der Waals surface area contributed by atoms with Crippen LogP contribution >= 0.6 is 0 Å². The summed E-state index contributed by atoms with van der Waals surface area (Å²) in [5, 5.41) is 4.66.